The Balaban J connectivity index is 1.40. The molecule has 4 rings (SSSR count). The smallest absolute Gasteiger partial charge is 0.384 e. The van der Waals surface area contributed by atoms with Crippen LogP contribution in [0.3, 0.4) is 0 Å². The van der Waals surface area contributed by atoms with Crippen molar-refractivity contribution in [1.29, 1.82) is 0 Å². The molecule has 2 saturated carbocycles. The zero-order valence-corrected chi connectivity index (χ0v) is 18.5. The van der Waals surface area contributed by atoms with Crippen LogP contribution in [-0.4, -0.2) is 71.2 Å². The van der Waals surface area contributed by atoms with Crippen molar-refractivity contribution in [3.8, 4) is 0 Å². The molecule has 0 radical (unpaired) electrons. The van der Waals surface area contributed by atoms with Gasteiger partial charge in [0, 0.05) is 17.2 Å². The van der Waals surface area contributed by atoms with Gasteiger partial charge in [-0.2, -0.15) is 13.2 Å². The number of aliphatic imine (C=N–C) groups is 1. The molecule has 4 aliphatic rings. The monoisotopic (exact) mass is 449 g/mol. The number of rotatable bonds is 6. The highest BCUT2D eigenvalue weighted by molar-refractivity contribution is 8.00. The molecule has 172 valence electrons. The maximum absolute atomic E-state index is 13.0. The van der Waals surface area contributed by atoms with Gasteiger partial charge in [-0.05, 0) is 70.4 Å². The number of nitrogens with zero attached hydrogens (tertiary/aromatic N) is 2. The third-order valence-electron chi connectivity index (χ3n) is 7.70. The van der Waals surface area contributed by atoms with Gasteiger partial charge in [-0.1, -0.05) is 6.92 Å². The lowest BCUT2D eigenvalue weighted by Crippen LogP contribution is -2.50. The molecule has 0 bridgehead atoms. The van der Waals surface area contributed by atoms with Crippen LogP contribution in [0.25, 0.3) is 0 Å². The lowest BCUT2D eigenvalue weighted by molar-refractivity contribution is -0.209. The summed E-state index contributed by atoms with van der Waals surface area (Å²) in [5.41, 5.74) is 0. The Morgan fingerprint density at radius 1 is 1.20 bits per heavy atom. The topological polar surface area (TPSA) is 57.1 Å². The average Bonchev–Trinajstić information content (AvgIpc) is 3.27. The normalized spacial score (nSPS) is 42.1. The molecule has 0 aromatic heterocycles. The molecule has 2 aliphatic heterocycles. The van der Waals surface area contributed by atoms with Crippen molar-refractivity contribution in [2.24, 2.45) is 22.7 Å². The SMILES string of the molecule is CCN(C)C1CCC(OC2NC=NC3SC4CCC(CC(O)C(F)(F)F)C4C23)CC1. The van der Waals surface area contributed by atoms with E-state index in [0.717, 1.165) is 45.1 Å². The van der Waals surface area contributed by atoms with Crippen molar-refractivity contribution in [2.45, 2.75) is 93.1 Å². The third-order valence-corrected chi connectivity index (χ3v) is 9.32. The van der Waals surface area contributed by atoms with Gasteiger partial charge in [0.25, 0.3) is 0 Å². The van der Waals surface area contributed by atoms with Crippen LogP contribution in [0.2, 0.25) is 0 Å². The molecule has 2 aliphatic carbocycles. The molecular formula is C21H34F3N3O2S. The van der Waals surface area contributed by atoms with Gasteiger partial charge >= 0.3 is 6.18 Å². The summed E-state index contributed by atoms with van der Waals surface area (Å²) in [5.74, 6) is 0.0350. The zero-order valence-electron chi connectivity index (χ0n) is 17.7. The minimum absolute atomic E-state index is 0.0413. The Kier molecular flexibility index (Phi) is 6.92. The molecule has 0 amide bonds. The van der Waals surface area contributed by atoms with Crippen molar-refractivity contribution in [3.63, 3.8) is 0 Å². The number of halogens is 3. The number of fused-ring (bicyclic) bond motifs is 3. The van der Waals surface area contributed by atoms with E-state index in [-0.39, 0.29) is 41.9 Å². The fraction of sp³-hybridized carbons (Fsp3) is 0.952. The Morgan fingerprint density at radius 3 is 2.60 bits per heavy atom. The number of ether oxygens (including phenoxy) is 1. The average molecular weight is 450 g/mol. The highest BCUT2D eigenvalue weighted by atomic mass is 32.2. The molecule has 7 atom stereocenters. The Labute approximate surface area is 181 Å². The molecule has 7 unspecified atom stereocenters. The van der Waals surface area contributed by atoms with Gasteiger partial charge in [-0.15, -0.1) is 11.8 Å². The number of alkyl halides is 3. The minimum Gasteiger partial charge on any atom is -0.384 e. The van der Waals surface area contributed by atoms with Gasteiger partial charge in [0.1, 0.15) is 17.7 Å². The molecule has 0 spiro atoms. The van der Waals surface area contributed by atoms with Crippen LogP contribution in [-0.2, 0) is 4.74 Å². The number of hydrogen-bond acceptors (Lipinski definition) is 6. The zero-order chi connectivity index (χ0) is 21.5. The highest BCUT2D eigenvalue weighted by Crippen LogP contribution is 2.57. The summed E-state index contributed by atoms with van der Waals surface area (Å²) < 4.78 is 45.4. The summed E-state index contributed by atoms with van der Waals surface area (Å²) in [6, 6.07) is 0.609. The molecule has 9 heteroatoms. The first-order chi connectivity index (χ1) is 14.3. The van der Waals surface area contributed by atoms with Gasteiger partial charge in [0.05, 0.1) is 12.4 Å². The van der Waals surface area contributed by atoms with Crippen LogP contribution in [0.4, 0.5) is 13.2 Å². The van der Waals surface area contributed by atoms with E-state index in [1.807, 2.05) is 0 Å². The minimum atomic E-state index is -4.55. The van der Waals surface area contributed by atoms with Gasteiger partial charge < -0.3 is 20.1 Å². The van der Waals surface area contributed by atoms with Crippen LogP contribution in [0.1, 0.15) is 51.9 Å². The van der Waals surface area contributed by atoms with E-state index in [1.54, 1.807) is 18.1 Å². The second kappa shape index (κ2) is 9.16. The molecule has 1 saturated heterocycles. The summed E-state index contributed by atoms with van der Waals surface area (Å²) >= 11 is 1.79. The van der Waals surface area contributed by atoms with Gasteiger partial charge in [0.15, 0.2) is 0 Å². The lowest BCUT2D eigenvalue weighted by atomic mass is 9.79. The van der Waals surface area contributed by atoms with Crippen molar-refractivity contribution in [3.05, 3.63) is 0 Å². The largest absolute Gasteiger partial charge is 0.414 e. The van der Waals surface area contributed by atoms with Crippen molar-refractivity contribution >= 4 is 18.1 Å². The molecule has 30 heavy (non-hydrogen) atoms. The molecule has 0 aromatic carbocycles. The van der Waals surface area contributed by atoms with Gasteiger partial charge in [-0.25, -0.2) is 0 Å². The number of thioether (sulfide) groups is 1. The quantitative estimate of drug-likeness (QED) is 0.649. The maximum atomic E-state index is 13.0. The second-order valence-electron chi connectivity index (χ2n) is 9.36. The third kappa shape index (κ3) is 4.64. The van der Waals surface area contributed by atoms with E-state index in [9.17, 15) is 18.3 Å². The standard InChI is InChI=1S/C21H34F3N3O2S/c1-3-27(2)13-5-7-14(8-6-13)29-19-18-17-12(10-16(28)21(22,23)24)4-9-15(17)30-20(18)26-11-25-19/h11-20,28H,3-10H2,1-2H3,(H,25,26). The molecule has 2 heterocycles. The fourth-order valence-electron chi connectivity index (χ4n) is 5.95. The summed E-state index contributed by atoms with van der Waals surface area (Å²) in [5, 5.41) is 13.3. The molecule has 5 nitrogen and oxygen atoms in total. The summed E-state index contributed by atoms with van der Waals surface area (Å²) in [4.78, 5) is 6.98. The first-order valence-corrected chi connectivity index (χ1v) is 12.3. The van der Waals surface area contributed by atoms with Gasteiger partial charge in [0.2, 0.25) is 0 Å². The number of nitrogens with one attached hydrogen (secondary N) is 1. The first-order valence-electron chi connectivity index (χ1n) is 11.3. The van der Waals surface area contributed by atoms with Gasteiger partial charge in [-0.3, -0.25) is 4.99 Å². The highest BCUT2D eigenvalue weighted by Gasteiger charge is 2.56. The van der Waals surface area contributed by atoms with Crippen LogP contribution < -0.4 is 5.32 Å². The number of aliphatic hydroxyl groups is 1. The lowest BCUT2D eigenvalue weighted by Gasteiger charge is -2.40. The Morgan fingerprint density at radius 2 is 1.93 bits per heavy atom. The molecule has 2 N–H and O–H groups in total. The van der Waals surface area contributed by atoms with Crippen LogP contribution >= 0.6 is 11.8 Å². The van der Waals surface area contributed by atoms with Crippen molar-refractivity contribution in [2.75, 3.05) is 13.6 Å². The van der Waals surface area contributed by atoms with E-state index in [0.29, 0.717) is 11.3 Å². The van der Waals surface area contributed by atoms with Crippen LogP contribution in [0.15, 0.2) is 4.99 Å². The van der Waals surface area contributed by atoms with E-state index in [1.165, 1.54) is 0 Å². The molecule has 3 fully saturated rings. The van der Waals surface area contributed by atoms with E-state index in [2.05, 4.69) is 29.2 Å². The summed E-state index contributed by atoms with van der Waals surface area (Å²) in [7, 11) is 2.17. The second-order valence-corrected chi connectivity index (χ2v) is 10.7. The Bertz CT molecular complexity index is 615. The molecule has 0 aromatic rings. The Hall–Kier alpha value is -0.510. The van der Waals surface area contributed by atoms with E-state index >= 15 is 0 Å². The van der Waals surface area contributed by atoms with Crippen molar-refractivity contribution < 1.29 is 23.0 Å². The number of hydrogen-bond donors (Lipinski definition) is 2. The van der Waals surface area contributed by atoms with Crippen LogP contribution in [0.5, 0.6) is 0 Å². The van der Waals surface area contributed by atoms with Crippen molar-refractivity contribution in [1.82, 2.24) is 10.2 Å². The summed E-state index contributed by atoms with van der Waals surface area (Å²) in [6.07, 6.45) is 0.592. The molecular weight excluding hydrogens is 415 g/mol. The fourth-order valence-corrected chi connectivity index (χ4v) is 7.80. The number of aliphatic hydroxyl groups excluding tert-OH is 1. The van der Waals surface area contributed by atoms with E-state index in [4.69, 9.17) is 4.74 Å². The predicted molar refractivity (Wildman–Crippen MR) is 112 cm³/mol. The first kappa shape index (κ1) is 22.7. The van der Waals surface area contributed by atoms with E-state index < -0.39 is 12.3 Å². The predicted octanol–water partition coefficient (Wildman–Crippen LogP) is 3.62. The summed E-state index contributed by atoms with van der Waals surface area (Å²) in [6.45, 7) is 3.22. The maximum Gasteiger partial charge on any atom is 0.414 e. The van der Waals surface area contributed by atoms with Crippen LogP contribution in [0, 0.1) is 17.8 Å².